The van der Waals surface area contributed by atoms with Gasteiger partial charge in [-0.25, -0.2) is 20.0 Å². The normalized spacial score (nSPS) is 12.2. The first-order valence-corrected chi connectivity index (χ1v) is 9.10. The second-order valence-corrected chi connectivity index (χ2v) is 7.88. The molecule has 0 saturated carbocycles. The number of aliphatic carboxylic acids is 1. The molecule has 1 atom stereocenters. The van der Waals surface area contributed by atoms with Crippen LogP contribution >= 0.6 is 0 Å². The van der Waals surface area contributed by atoms with Crippen molar-refractivity contribution in [2.24, 2.45) is 5.92 Å². The topological polar surface area (TPSA) is 105 Å². The molecule has 0 spiro atoms. The number of nitrogens with zero attached hydrogens (tertiary/aromatic N) is 1. The molecule has 2 amide bonds. The van der Waals surface area contributed by atoms with Gasteiger partial charge in [-0.05, 0) is 44.4 Å². The van der Waals surface area contributed by atoms with E-state index in [2.05, 4.69) is 5.43 Å². The Morgan fingerprint density at radius 3 is 2.14 bits per heavy atom. The Morgan fingerprint density at radius 1 is 1.14 bits per heavy atom. The van der Waals surface area contributed by atoms with Crippen LogP contribution in [0.4, 0.5) is 4.79 Å². The third kappa shape index (κ3) is 7.85. The molecule has 0 aliphatic rings. The molecule has 0 bridgehead atoms. The van der Waals surface area contributed by atoms with Gasteiger partial charge in [0.25, 0.3) is 0 Å². The predicted molar refractivity (Wildman–Crippen MR) is 104 cm³/mol. The lowest BCUT2D eigenvalue weighted by atomic mass is 10.0. The number of ether oxygens (including phenoxy) is 2. The second kappa shape index (κ2) is 9.96. The first kappa shape index (κ1) is 23.3. The van der Waals surface area contributed by atoms with E-state index in [4.69, 9.17) is 9.47 Å². The number of hydrazine groups is 1. The molecule has 0 aliphatic heterocycles. The Morgan fingerprint density at radius 2 is 1.71 bits per heavy atom. The van der Waals surface area contributed by atoms with Crippen LogP contribution in [0.25, 0.3) is 0 Å². The van der Waals surface area contributed by atoms with Crippen LogP contribution in [0, 0.1) is 5.92 Å². The minimum atomic E-state index is -1.29. The van der Waals surface area contributed by atoms with Gasteiger partial charge in [0, 0.05) is 12.8 Å². The molecule has 156 valence electrons. The molecule has 0 saturated heterocycles. The van der Waals surface area contributed by atoms with Gasteiger partial charge in [0.2, 0.25) is 5.91 Å². The number of benzene rings is 1. The summed E-state index contributed by atoms with van der Waals surface area (Å²) in [7, 11) is 1.53. The first-order valence-electron chi connectivity index (χ1n) is 9.10. The van der Waals surface area contributed by atoms with Gasteiger partial charge in [0.15, 0.2) is 6.04 Å². The number of carboxylic acids is 1. The quantitative estimate of drug-likeness (QED) is 0.689. The van der Waals surface area contributed by atoms with Gasteiger partial charge in [-0.2, -0.15) is 0 Å². The van der Waals surface area contributed by atoms with Crippen LogP contribution in [0.15, 0.2) is 24.3 Å². The molecule has 1 aromatic carbocycles. The van der Waals surface area contributed by atoms with E-state index in [1.54, 1.807) is 45.0 Å². The summed E-state index contributed by atoms with van der Waals surface area (Å²) in [5, 5.41) is 10.6. The smallest absolute Gasteiger partial charge is 0.426 e. The van der Waals surface area contributed by atoms with E-state index in [-0.39, 0.29) is 18.8 Å². The van der Waals surface area contributed by atoms with Gasteiger partial charge >= 0.3 is 12.1 Å². The third-order valence-electron chi connectivity index (χ3n) is 3.65. The maximum absolute atomic E-state index is 12.7. The van der Waals surface area contributed by atoms with E-state index in [1.807, 2.05) is 13.8 Å². The largest absolute Gasteiger partial charge is 0.497 e. The van der Waals surface area contributed by atoms with Crippen LogP contribution in [0.2, 0.25) is 0 Å². The highest BCUT2D eigenvalue weighted by Crippen LogP contribution is 2.16. The molecular formula is C20H30N2O6. The number of carbonyl (C=O) groups excluding carboxylic acids is 2. The summed E-state index contributed by atoms with van der Waals surface area (Å²) in [5.74, 6) is -1.10. The van der Waals surface area contributed by atoms with Crippen LogP contribution < -0.4 is 10.2 Å². The number of hydrogen-bond acceptors (Lipinski definition) is 5. The molecular weight excluding hydrogens is 364 g/mol. The van der Waals surface area contributed by atoms with Crippen LogP contribution in [0.3, 0.4) is 0 Å². The molecule has 8 nitrogen and oxygen atoms in total. The highest BCUT2D eigenvalue weighted by molar-refractivity contribution is 5.85. The minimum Gasteiger partial charge on any atom is -0.497 e. The fourth-order valence-corrected chi connectivity index (χ4v) is 2.43. The Balaban J connectivity index is 3.10. The molecule has 0 fully saturated rings. The lowest BCUT2D eigenvalue weighted by Crippen LogP contribution is -2.56. The van der Waals surface area contributed by atoms with Crippen molar-refractivity contribution in [3.05, 3.63) is 29.8 Å². The summed E-state index contributed by atoms with van der Waals surface area (Å²) in [6.07, 6.45) is -0.785. The molecule has 0 aromatic heterocycles. The summed E-state index contributed by atoms with van der Waals surface area (Å²) in [4.78, 5) is 36.8. The van der Waals surface area contributed by atoms with Crippen molar-refractivity contribution in [1.82, 2.24) is 10.4 Å². The summed E-state index contributed by atoms with van der Waals surface area (Å²) < 4.78 is 10.3. The molecule has 2 N–H and O–H groups in total. The van der Waals surface area contributed by atoms with E-state index in [1.165, 1.54) is 7.11 Å². The fraction of sp³-hybridized carbons (Fsp3) is 0.550. The van der Waals surface area contributed by atoms with Gasteiger partial charge in [-0.3, -0.25) is 4.79 Å². The Kier molecular flexibility index (Phi) is 8.28. The lowest BCUT2D eigenvalue weighted by Gasteiger charge is -2.31. The second-order valence-electron chi connectivity index (χ2n) is 7.88. The van der Waals surface area contributed by atoms with Gasteiger partial charge in [-0.15, -0.1) is 0 Å². The molecule has 0 heterocycles. The van der Waals surface area contributed by atoms with E-state index in [0.717, 1.165) is 5.01 Å². The van der Waals surface area contributed by atoms with Crippen molar-refractivity contribution < 1.29 is 29.0 Å². The van der Waals surface area contributed by atoms with Crippen molar-refractivity contribution in [1.29, 1.82) is 0 Å². The van der Waals surface area contributed by atoms with Crippen molar-refractivity contribution in [2.45, 2.75) is 59.1 Å². The average Bonchev–Trinajstić information content (AvgIpc) is 2.56. The number of hydrogen-bond donors (Lipinski definition) is 2. The fourth-order valence-electron chi connectivity index (χ4n) is 2.43. The monoisotopic (exact) mass is 394 g/mol. The maximum Gasteiger partial charge on any atom is 0.426 e. The summed E-state index contributed by atoms with van der Waals surface area (Å²) in [5.41, 5.74) is 2.22. The number of rotatable bonds is 7. The zero-order valence-electron chi connectivity index (χ0n) is 17.3. The van der Waals surface area contributed by atoms with Gasteiger partial charge < -0.3 is 14.6 Å². The zero-order valence-corrected chi connectivity index (χ0v) is 17.3. The van der Waals surface area contributed by atoms with Crippen molar-refractivity contribution in [3.63, 3.8) is 0 Å². The van der Waals surface area contributed by atoms with Gasteiger partial charge in [-0.1, -0.05) is 26.0 Å². The van der Waals surface area contributed by atoms with Crippen molar-refractivity contribution in [3.8, 4) is 5.75 Å². The molecule has 0 unspecified atom stereocenters. The summed E-state index contributed by atoms with van der Waals surface area (Å²) in [6, 6.07) is 5.55. The zero-order chi connectivity index (χ0) is 21.5. The van der Waals surface area contributed by atoms with E-state index >= 15 is 0 Å². The number of carbonyl (C=O) groups is 3. The average molecular weight is 394 g/mol. The third-order valence-corrected chi connectivity index (χ3v) is 3.65. The van der Waals surface area contributed by atoms with Crippen LogP contribution in [-0.4, -0.2) is 46.8 Å². The maximum atomic E-state index is 12.7. The molecule has 8 heteroatoms. The number of amides is 2. The molecule has 28 heavy (non-hydrogen) atoms. The minimum absolute atomic E-state index is 0.00846. The number of nitrogens with one attached hydrogen (secondary N) is 1. The van der Waals surface area contributed by atoms with Crippen LogP contribution in [-0.2, 0) is 20.7 Å². The Hall–Kier alpha value is -2.77. The standard InChI is InChI=1S/C20H30N2O6/c1-13(2)11-17(23)22(21-19(26)28-20(3,4)5)16(18(24)25)12-14-7-9-15(27-6)10-8-14/h7-10,13,16H,11-12H2,1-6H3,(H,21,26)(H,24,25)/t16-/m0/s1. The lowest BCUT2D eigenvalue weighted by molar-refractivity contribution is -0.153. The Bertz CT molecular complexity index is 679. The predicted octanol–water partition coefficient (Wildman–Crippen LogP) is 3.01. The van der Waals surface area contributed by atoms with E-state index < -0.39 is 29.6 Å². The molecule has 1 rings (SSSR count). The number of carboxylic acid groups (broad SMARTS) is 1. The van der Waals surface area contributed by atoms with Crippen LogP contribution in [0.1, 0.15) is 46.6 Å². The van der Waals surface area contributed by atoms with E-state index in [9.17, 15) is 19.5 Å². The number of methoxy groups -OCH3 is 1. The highest BCUT2D eigenvalue weighted by atomic mass is 16.6. The van der Waals surface area contributed by atoms with Crippen molar-refractivity contribution >= 4 is 18.0 Å². The highest BCUT2D eigenvalue weighted by Gasteiger charge is 2.33. The van der Waals surface area contributed by atoms with Gasteiger partial charge in [0.05, 0.1) is 7.11 Å². The molecule has 1 aromatic rings. The van der Waals surface area contributed by atoms with Gasteiger partial charge in [0.1, 0.15) is 11.4 Å². The SMILES string of the molecule is COc1ccc(C[C@@H](C(=O)O)N(NC(=O)OC(C)(C)C)C(=O)CC(C)C)cc1. The Labute approximate surface area is 165 Å². The molecule has 0 aliphatic carbocycles. The summed E-state index contributed by atoms with van der Waals surface area (Å²) >= 11 is 0. The van der Waals surface area contributed by atoms with E-state index in [0.29, 0.717) is 11.3 Å². The summed E-state index contributed by atoms with van der Waals surface area (Å²) in [6.45, 7) is 8.71. The van der Waals surface area contributed by atoms with Crippen molar-refractivity contribution in [2.75, 3.05) is 7.11 Å². The molecule has 0 radical (unpaired) electrons. The van der Waals surface area contributed by atoms with Crippen LogP contribution in [0.5, 0.6) is 5.75 Å². The first-order chi connectivity index (χ1) is 12.9.